The molecule has 0 spiro atoms. The first-order valence-corrected chi connectivity index (χ1v) is 7.94. The fraction of sp³-hybridized carbons (Fsp3) is 0. The standard InChI is InChI=1S/C14H9BrClN3OS/c15-7-1-3-10(16)9(5-7)13(20)19-14-18-11-4-2-8(17)6-12(11)21-14/h1-6H,17H2,(H,18,19,20). The van der Waals surface area contributed by atoms with Crippen LogP contribution in [0.3, 0.4) is 0 Å². The molecule has 4 nitrogen and oxygen atoms in total. The topological polar surface area (TPSA) is 68.0 Å². The highest BCUT2D eigenvalue weighted by molar-refractivity contribution is 9.10. The van der Waals surface area contributed by atoms with Crippen molar-refractivity contribution in [1.29, 1.82) is 0 Å². The zero-order valence-electron chi connectivity index (χ0n) is 10.6. The first-order chi connectivity index (χ1) is 10.0. The van der Waals surface area contributed by atoms with Crippen LogP contribution in [0, 0.1) is 0 Å². The number of nitrogens with one attached hydrogen (secondary N) is 1. The molecule has 1 aromatic heterocycles. The van der Waals surface area contributed by atoms with Gasteiger partial charge in [-0.15, -0.1) is 0 Å². The maximum atomic E-state index is 12.3. The van der Waals surface area contributed by atoms with Crippen LogP contribution in [0.2, 0.25) is 5.02 Å². The molecule has 2 aromatic carbocycles. The molecule has 0 aliphatic carbocycles. The SMILES string of the molecule is Nc1ccc2nc(NC(=O)c3cc(Br)ccc3Cl)sc2c1. The van der Waals surface area contributed by atoms with Crippen LogP contribution in [0.5, 0.6) is 0 Å². The first-order valence-electron chi connectivity index (χ1n) is 5.95. The summed E-state index contributed by atoms with van der Waals surface area (Å²) >= 11 is 10.7. The lowest BCUT2D eigenvalue weighted by atomic mass is 10.2. The molecule has 0 unspecified atom stereocenters. The monoisotopic (exact) mass is 381 g/mol. The Labute approximate surface area is 138 Å². The highest BCUT2D eigenvalue weighted by Gasteiger charge is 2.13. The van der Waals surface area contributed by atoms with E-state index in [0.29, 0.717) is 21.4 Å². The van der Waals surface area contributed by atoms with Crippen molar-refractivity contribution in [1.82, 2.24) is 4.98 Å². The van der Waals surface area contributed by atoms with Crippen molar-refractivity contribution in [3.05, 3.63) is 51.5 Å². The van der Waals surface area contributed by atoms with E-state index >= 15 is 0 Å². The number of anilines is 2. The summed E-state index contributed by atoms with van der Waals surface area (Å²) in [5.74, 6) is -0.298. The number of benzene rings is 2. The summed E-state index contributed by atoms with van der Waals surface area (Å²) in [6.45, 7) is 0. The van der Waals surface area contributed by atoms with Gasteiger partial charge in [-0.25, -0.2) is 4.98 Å². The van der Waals surface area contributed by atoms with Crippen molar-refractivity contribution in [2.45, 2.75) is 0 Å². The third-order valence-electron chi connectivity index (χ3n) is 2.81. The van der Waals surface area contributed by atoms with E-state index in [-0.39, 0.29) is 5.91 Å². The minimum absolute atomic E-state index is 0.298. The lowest BCUT2D eigenvalue weighted by molar-refractivity contribution is 0.102. The quantitative estimate of drug-likeness (QED) is 0.639. The fourth-order valence-electron chi connectivity index (χ4n) is 1.83. The Hall–Kier alpha value is -1.63. The summed E-state index contributed by atoms with van der Waals surface area (Å²) in [7, 11) is 0. The van der Waals surface area contributed by atoms with Crippen LogP contribution in [-0.4, -0.2) is 10.9 Å². The lowest BCUT2D eigenvalue weighted by Gasteiger charge is -2.04. The molecular weight excluding hydrogens is 374 g/mol. The van der Waals surface area contributed by atoms with Gasteiger partial charge in [0.25, 0.3) is 5.91 Å². The fourth-order valence-corrected chi connectivity index (χ4v) is 3.30. The molecule has 0 aliphatic heterocycles. The van der Waals surface area contributed by atoms with Gasteiger partial charge in [-0.1, -0.05) is 38.9 Å². The van der Waals surface area contributed by atoms with Gasteiger partial charge in [0.2, 0.25) is 0 Å². The second kappa shape index (κ2) is 5.63. The van der Waals surface area contributed by atoms with Gasteiger partial charge < -0.3 is 5.73 Å². The number of rotatable bonds is 2. The number of carbonyl (C=O) groups is 1. The number of hydrogen-bond acceptors (Lipinski definition) is 4. The second-order valence-corrected chi connectivity index (χ2v) is 6.68. The Kier molecular flexibility index (Phi) is 3.84. The molecule has 1 heterocycles. The summed E-state index contributed by atoms with van der Waals surface area (Å²) in [5, 5.41) is 3.66. The number of amides is 1. The molecule has 0 atom stereocenters. The maximum Gasteiger partial charge on any atom is 0.258 e. The molecule has 3 N–H and O–H groups in total. The molecule has 0 fully saturated rings. The molecule has 3 rings (SSSR count). The Morgan fingerprint density at radius 2 is 2.10 bits per heavy atom. The van der Waals surface area contributed by atoms with Gasteiger partial charge in [-0.2, -0.15) is 0 Å². The van der Waals surface area contributed by atoms with Crippen LogP contribution in [0.15, 0.2) is 40.9 Å². The van der Waals surface area contributed by atoms with E-state index in [1.807, 2.05) is 12.1 Å². The van der Waals surface area contributed by atoms with Crippen LogP contribution >= 0.6 is 38.9 Å². The largest absolute Gasteiger partial charge is 0.399 e. The molecule has 0 radical (unpaired) electrons. The van der Waals surface area contributed by atoms with E-state index in [1.54, 1.807) is 24.3 Å². The number of thiazole rings is 1. The van der Waals surface area contributed by atoms with Gasteiger partial charge in [0.15, 0.2) is 5.13 Å². The van der Waals surface area contributed by atoms with E-state index in [9.17, 15) is 4.79 Å². The van der Waals surface area contributed by atoms with Gasteiger partial charge in [0, 0.05) is 10.2 Å². The van der Waals surface area contributed by atoms with Crippen molar-refractivity contribution >= 4 is 65.8 Å². The van der Waals surface area contributed by atoms with E-state index in [1.165, 1.54) is 11.3 Å². The van der Waals surface area contributed by atoms with Crippen molar-refractivity contribution < 1.29 is 4.79 Å². The second-order valence-electron chi connectivity index (χ2n) is 4.32. The predicted octanol–water partition coefficient (Wildman–Crippen LogP) is 4.55. The van der Waals surface area contributed by atoms with Crippen molar-refractivity contribution in [2.24, 2.45) is 0 Å². The minimum Gasteiger partial charge on any atom is -0.399 e. The number of aromatic nitrogens is 1. The molecule has 0 saturated heterocycles. The highest BCUT2D eigenvalue weighted by Crippen LogP contribution is 2.28. The lowest BCUT2D eigenvalue weighted by Crippen LogP contribution is -2.12. The molecule has 21 heavy (non-hydrogen) atoms. The third kappa shape index (κ3) is 3.02. The van der Waals surface area contributed by atoms with Crippen LogP contribution in [0.1, 0.15) is 10.4 Å². The maximum absolute atomic E-state index is 12.3. The molecule has 106 valence electrons. The van der Waals surface area contributed by atoms with Gasteiger partial charge in [-0.05, 0) is 36.4 Å². The molecule has 7 heteroatoms. The molecular formula is C14H9BrClN3OS. The average molecular weight is 383 g/mol. The third-order valence-corrected chi connectivity index (χ3v) is 4.56. The smallest absolute Gasteiger partial charge is 0.258 e. The van der Waals surface area contributed by atoms with Gasteiger partial charge in [0.1, 0.15) is 0 Å². The van der Waals surface area contributed by atoms with Gasteiger partial charge >= 0.3 is 0 Å². The van der Waals surface area contributed by atoms with Crippen LogP contribution < -0.4 is 11.1 Å². The van der Waals surface area contributed by atoms with Crippen molar-refractivity contribution in [3.8, 4) is 0 Å². The Morgan fingerprint density at radius 1 is 1.29 bits per heavy atom. The number of carbonyl (C=O) groups excluding carboxylic acids is 1. The Balaban J connectivity index is 1.90. The zero-order chi connectivity index (χ0) is 15.0. The normalized spacial score (nSPS) is 10.8. The molecule has 1 amide bonds. The average Bonchev–Trinajstić information content (AvgIpc) is 2.82. The first kappa shape index (κ1) is 14.3. The number of halogens is 2. The summed E-state index contributed by atoms with van der Waals surface area (Å²) in [4.78, 5) is 16.6. The summed E-state index contributed by atoms with van der Waals surface area (Å²) in [5.41, 5.74) is 7.59. The number of fused-ring (bicyclic) bond motifs is 1. The molecule has 0 aliphatic rings. The van der Waals surface area contributed by atoms with Gasteiger partial charge in [0.05, 0.1) is 20.8 Å². The number of nitrogens with two attached hydrogens (primary N) is 1. The predicted molar refractivity (Wildman–Crippen MR) is 91.1 cm³/mol. The number of hydrogen-bond donors (Lipinski definition) is 2. The molecule has 0 bridgehead atoms. The van der Waals surface area contributed by atoms with E-state index in [0.717, 1.165) is 14.7 Å². The number of nitrogen functional groups attached to an aromatic ring is 1. The highest BCUT2D eigenvalue weighted by atomic mass is 79.9. The minimum atomic E-state index is -0.298. The van der Waals surface area contributed by atoms with E-state index in [4.69, 9.17) is 17.3 Å². The molecule has 0 saturated carbocycles. The zero-order valence-corrected chi connectivity index (χ0v) is 13.7. The van der Waals surface area contributed by atoms with Crippen molar-refractivity contribution in [2.75, 3.05) is 11.1 Å². The summed E-state index contributed by atoms with van der Waals surface area (Å²) in [6.07, 6.45) is 0. The van der Waals surface area contributed by atoms with E-state index < -0.39 is 0 Å². The van der Waals surface area contributed by atoms with Crippen LogP contribution in [-0.2, 0) is 0 Å². The Morgan fingerprint density at radius 3 is 2.90 bits per heavy atom. The molecule has 3 aromatic rings. The van der Waals surface area contributed by atoms with Crippen LogP contribution in [0.4, 0.5) is 10.8 Å². The van der Waals surface area contributed by atoms with E-state index in [2.05, 4.69) is 26.2 Å². The van der Waals surface area contributed by atoms with Gasteiger partial charge in [-0.3, -0.25) is 10.1 Å². The summed E-state index contributed by atoms with van der Waals surface area (Å²) < 4.78 is 1.71. The Bertz CT molecular complexity index is 849. The van der Waals surface area contributed by atoms with Crippen LogP contribution in [0.25, 0.3) is 10.2 Å². The summed E-state index contributed by atoms with van der Waals surface area (Å²) in [6, 6.07) is 10.5. The number of nitrogens with zero attached hydrogens (tertiary/aromatic N) is 1. The van der Waals surface area contributed by atoms with Crippen molar-refractivity contribution in [3.63, 3.8) is 0 Å².